The second-order valence-electron chi connectivity index (χ2n) is 6.04. The van der Waals surface area contributed by atoms with Gasteiger partial charge in [0, 0.05) is 28.0 Å². The van der Waals surface area contributed by atoms with Crippen molar-refractivity contribution in [2.45, 2.75) is 6.92 Å². The van der Waals surface area contributed by atoms with Crippen molar-refractivity contribution in [1.82, 2.24) is 9.38 Å². The highest BCUT2D eigenvalue weighted by molar-refractivity contribution is 9.10. The predicted octanol–water partition coefficient (Wildman–Crippen LogP) is 5.53. The molecule has 0 aliphatic heterocycles. The topological polar surface area (TPSA) is 49.9 Å². The van der Waals surface area contributed by atoms with Crippen LogP contribution in [0, 0.1) is 6.92 Å². The number of halogens is 1. The lowest BCUT2D eigenvalue weighted by molar-refractivity contribution is 0.474. The van der Waals surface area contributed by atoms with E-state index in [2.05, 4.69) is 20.9 Å². The van der Waals surface area contributed by atoms with Crippen molar-refractivity contribution in [2.75, 3.05) is 0 Å². The van der Waals surface area contributed by atoms with Gasteiger partial charge < -0.3 is 5.11 Å². The Morgan fingerprint density at radius 3 is 2.69 bits per heavy atom. The van der Waals surface area contributed by atoms with Crippen LogP contribution in [-0.4, -0.2) is 20.7 Å². The molecule has 4 rings (SSSR count). The Hall–Kier alpha value is -2.92. The van der Waals surface area contributed by atoms with Gasteiger partial charge in [-0.05, 0) is 42.8 Å². The molecular formula is C21H16BrN3O. The van der Waals surface area contributed by atoms with Crippen molar-refractivity contribution in [2.24, 2.45) is 4.99 Å². The molecule has 0 radical (unpaired) electrons. The van der Waals surface area contributed by atoms with E-state index in [0.29, 0.717) is 5.56 Å². The summed E-state index contributed by atoms with van der Waals surface area (Å²) < 4.78 is 2.84. The first-order valence-electron chi connectivity index (χ1n) is 8.18. The molecule has 0 aliphatic carbocycles. The van der Waals surface area contributed by atoms with Crippen LogP contribution in [0.2, 0.25) is 0 Å². The number of hydrogen-bond donors (Lipinski definition) is 1. The third-order valence-electron chi connectivity index (χ3n) is 4.12. The van der Waals surface area contributed by atoms with Gasteiger partial charge in [0.1, 0.15) is 17.1 Å². The standard InChI is InChI=1S/C21H16BrN3O/c1-14-9-10-25-19(11-14)24-20(15-5-3-2-4-6-15)21(25)23-13-16-12-17(22)7-8-18(16)26/h2-13,26H,1H3/b23-13+. The maximum Gasteiger partial charge on any atom is 0.165 e. The summed E-state index contributed by atoms with van der Waals surface area (Å²) in [6, 6.07) is 19.3. The molecule has 0 saturated heterocycles. The zero-order chi connectivity index (χ0) is 18.1. The van der Waals surface area contributed by atoms with Gasteiger partial charge in [-0.2, -0.15) is 0 Å². The van der Waals surface area contributed by atoms with Crippen molar-refractivity contribution < 1.29 is 5.11 Å². The molecule has 4 aromatic rings. The maximum absolute atomic E-state index is 10.1. The minimum atomic E-state index is 0.183. The van der Waals surface area contributed by atoms with Crippen LogP contribution in [0.5, 0.6) is 5.75 Å². The summed E-state index contributed by atoms with van der Waals surface area (Å²) in [5.41, 5.74) is 4.43. The molecule has 0 atom stereocenters. The summed E-state index contributed by atoms with van der Waals surface area (Å²) >= 11 is 3.42. The molecule has 0 aliphatic rings. The van der Waals surface area contributed by atoms with Crippen LogP contribution in [0.4, 0.5) is 5.82 Å². The summed E-state index contributed by atoms with van der Waals surface area (Å²) in [4.78, 5) is 9.44. The zero-order valence-electron chi connectivity index (χ0n) is 14.1. The summed E-state index contributed by atoms with van der Waals surface area (Å²) in [6.07, 6.45) is 3.63. The second kappa shape index (κ2) is 6.77. The molecule has 0 bridgehead atoms. The van der Waals surface area contributed by atoms with Crippen molar-refractivity contribution in [3.8, 4) is 17.0 Å². The van der Waals surface area contributed by atoms with E-state index in [4.69, 9.17) is 4.98 Å². The van der Waals surface area contributed by atoms with Gasteiger partial charge in [0.2, 0.25) is 0 Å². The smallest absolute Gasteiger partial charge is 0.165 e. The van der Waals surface area contributed by atoms with Gasteiger partial charge in [-0.3, -0.25) is 4.40 Å². The van der Waals surface area contributed by atoms with Crippen molar-refractivity contribution in [3.05, 3.63) is 82.5 Å². The molecule has 128 valence electrons. The van der Waals surface area contributed by atoms with Crippen LogP contribution in [-0.2, 0) is 0 Å². The quantitative estimate of drug-likeness (QED) is 0.455. The van der Waals surface area contributed by atoms with E-state index >= 15 is 0 Å². The number of imidazole rings is 1. The number of phenols is 1. The van der Waals surface area contributed by atoms with Crippen molar-refractivity contribution in [1.29, 1.82) is 0 Å². The average Bonchev–Trinajstić information content (AvgIpc) is 3.00. The zero-order valence-corrected chi connectivity index (χ0v) is 15.7. The summed E-state index contributed by atoms with van der Waals surface area (Å²) in [5.74, 6) is 0.911. The molecule has 26 heavy (non-hydrogen) atoms. The molecule has 0 amide bonds. The van der Waals surface area contributed by atoms with Crippen LogP contribution in [0.15, 0.2) is 76.3 Å². The number of hydrogen-bond acceptors (Lipinski definition) is 3. The lowest BCUT2D eigenvalue weighted by Gasteiger charge is -2.02. The molecule has 5 heteroatoms. The first-order valence-corrected chi connectivity index (χ1v) is 8.98. The number of fused-ring (bicyclic) bond motifs is 1. The number of phenolic OH excluding ortho intramolecular Hbond substituents is 1. The molecule has 0 fully saturated rings. The van der Waals surface area contributed by atoms with Gasteiger partial charge in [0.05, 0.1) is 0 Å². The van der Waals surface area contributed by atoms with Crippen LogP contribution in [0.3, 0.4) is 0 Å². The Labute approximate surface area is 159 Å². The fourth-order valence-electron chi connectivity index (χ4n) is 2.81. The Morgan fingerprint density at radius 1 is 1.08 bits per heavy atom. The monoisotopic (exact) mass is 405 g/mol. The highest BCUT2D eigenvalue weighted by Crippen LogP contribution is 2.31. The Kier molecular flexibility index (Phi) is 4.31. The number of benzene rings is 2. The number of rotatable bonds is 3. The maximum atomic E-state index is 10.1. The minimum Gasteiger partial charge on any atom is -0.507 e. The fraction of sp³-hybridized carbons (Fsp3) is 0.0476. The minimum absolute atomic E-state index is 0.183. The van der Waals surface area contributed by atoms with Gasteiger partial charge in [-0.25, -0.2) is 9.98 Å². The summed E-state index contributed by atoms with van der Waals surface area (Å²) in [7, 11) is 0. The molecule has 0 spiro atoms. The van der Waals surface area contributed by atoms with Gasteiger partial charge in [-0.1, -0.05) is 46.3 Å². The van der Waals surface area contributed by atoms with Crippen molar-refractivity contribution in [3.63, 3.8) is 0 Å². The molecule has 2 heterocycles. The molecule has 0 saturated carbocycles. The largest absolute Gasteiger partial charge is 0.507 e. The van der Waals surface area contributed by atoms with E-state index < -0.39 is 0 Å². The Balaban J connectivity index is 1.90. The molecule has 1 N–H and O–H groups in total. The number of pyridine rings is 1. The fourth-order valence-corrected chi connectivity index (χ4v) is 3.18. The summed E-state index contributed by atoms with van der Waals surface area (Å²) in [5, 5.41) is 10.1. The Morgan fingerprint density at radius 2 is 1.88 bits per heavy atom. The number of aryl methyl sites for hydroxylation is 1. The average molecular weight is 406 g/mol. The normalized spacial score (nSPS) is 11.5. The molecule has 2 aromatic carbocycles. The van der Waals surface area contributed by atoms with E-state index in [-0.39, 0.29) is 5.75 Å². The van der Waals surface area contributed by atoms with Gasteiger partial charge in [-0.15, -0.1) is 0 Å². The van der Waals surface area contributed by atoms with Gasteiger partial charge in [0.25, 0.3) is 0 Å². The van der Waals surface area contributed by atoms with Gasteiger partial charge >= 0.3 is 0 Å². The highest BCUT2D eigenvalue weighted by atomic mass is 79.9. The van der Waals surface area contributed by atoms with Gasteiger partial charge in [0.15, 0.2) is 5.82 Å². The van der Waals surface area contributed by atoms with Crippen molar-refractivity contribution >= 4 is 33.6 Å². The first-order chi connectivity index (χ1) is 12.6. The molecular weight excluding hydrogens is 390 g/mol. The number of aromatic nitrogens is 2. The molecule has 0 unspecified atom stereocenters. The van der Waals surface area contributed by atoms with E-state index in [0.717, 1.165) is 32.8 Å². The highest BCUT2D eigenvalue weighted by Gasteiger charge is 2.13. The van der Waals surface area contributed by atoms with E-state index in [1.54, 1.807) is 18.3 Å². The third kappa shape index (κ3) is 3.13. The predicted molar refractivity (Wildman–Crippen MR) is 108 cm³/mol. The lowest BCUT2D eigenvalue weighted by atomic mass is 10.1. The van der Waals surface area contributed by atoms with E-state index in [9.17, 15) is 5.11 Å². The number of aromatic hydroxyl groups is 1. The first kappa shape index (κ1) is 16.5. The molecule has 2 aromatic heterocycles. The van der Waals surface area contributed by atoms with E-state index in [1.165, 1.54) is 0 Å². The van der Waals surface area contributed by atoms with Crippen LogP contribution >= 0.6 is 15.9 Å². The van der Waals surface area contributed by atoms with Crippen LogP contribution in [0.25, 0.3) is 16.9 Å². The SMILES string of the molecule is Cc1ccn2c(/N=C/c3cc(Br)ccc3O)c(-c3ccccc3)nc2c1. The Bertz CT molecular complexity index is 1120. The summed E-state index contributed by atoms with van der Waals surface area (Å²) in [6.45, 7) is 2.04. The number of nitrogens with zero attached hydrogens (tertiary/aromatic N) is 3. The third-order valence-corrected chi connectivity index (χ3v) is 4.61. The van der Waals surface area contributed by atoms with Crippen LogP contribution in [0.1, 0.15) is 11.1 Å². The van der Waals surface area contributed by atoms with Crippen LogP contribution < -0.4 is 0 Å². The number of aliphatic imine (C=N–C) groups is 1. The second-order valence-corrected chi connectivity index (χ2v) is 6.96. The van der Waals surface area contributed by atoms with E-state index in [1.807, 2.05) is 66.1 Å². The molecule has 4 nitrogen and oxygen atoms in total. The lowest BCUT2D eigenvalue weighted by Crippen LogP contribution is -1.87.